The molecule has 2 heteroatoms. The Morgan fingerprint density at radius 1 is 1.46 bits per heavy atom. The number of thiol groups is 1. The molecule has 78 valence electrons. The number of hydrogen-bond donors (Lipinski definition) is 1. The van der Waals surface area contributed by atoms with Gasteiger partial charge in [0.2, 0.25) is 0 Å². The number of rotatable bonds is 4. The molecule has 1 aliphatic heterocycles. The van der Waals surface area contributed by atoms with Gasteiger partial charge in [0.05, 0.1) is 0 Å². The zero-order valence-electron chi connectivity index (χ0n) is 9.00. The second kappa shape index (κ2) is 5.92. The number of nitrogens with zero attached hydrogens (tertiary/aromatic N) is 1. The summed E-state index contributed by atoms with van der Waals surface area (Å²) in [6.45, 7) is 7.18. The van der Waals surface area contributed by atoms with Crippen LogP contribution in [0.3, 0.4) is 0 Å². The predicted octanol–water partition coefficient (Wildman–Crippen LogP) is 2.82. The zero-order chi connectivity index (χ0) is 9.68. The number of piperidine rings is 1. The molecule has 0 bridgehead atoms. The molecular weight excluding hydrogens is 178 g/mol. The molecule has 0 aliphatic carbocycles. The van der Waals surface area contributed by atoms with E-state index >= 15 is 0 Å². The first-order chi connectivity index (χ1) is 6.27. The monoisotopic (exact) mass is 201 g/mol. The second-order valence-corrected chi connectivity index (χ2v) is 4.71. The Kier molecular flexibility index (Phi) is 5.18. The quantitative estimate of drug-likeness (QED) is 0.685. The molecular formula is C11H23NS. The number of likely N-dealkylation sites (tertiary alicyclic amines) is 1. The maximum atomic E-state index is 4.35. The van der Waals surface area contributed by atoms with Gasteiger partial charge in [-0.15, -0.1) is 0 Å². The topological polar surface area (TPSA) is 3.24 Å². The highest BCUT2D eigenvalue weighted by atomic mass is 32.1. The molecule has 2 unspecified atom stereocenters. The fraction of sp³-hybridized carbons (Fsp3) is 1.00. The van der Waals surface area contributed by atoms with Crippen LogP contribution in [0, 0.1) is 5.92 Å². The second-order valence-electron chi connectivity index (χ2n) is 4.34. The predicted molar refractivity (Wildman–Crippen MR) is 62.5 cm³/mol. The van der Waals surface area contributed by atoms with Gasteiger partial charge < -0.3 is 4.90 Å². The van der Waals surface area contributed by atoms with Crippen LogP contribution in [0.15, 0.2) is 0 Å². The van der Waals surface area contributed by atoms with Crippen LogP contribution >= 0.6 is 12.6 Å². The summed E-state index contributed by atoms with van der Waals surface area (Å²) in [4.78, 5) is 2.67. The van der Waals surface area contributed by atoms with Crippen LogP contribution in [-0.4, -0.2) is 29.8 Å². The van der Waals surface area contributed by atoms with Crippen molar-refractivity contribution in [1.29, 1.82) is 0 Å². The van der Waals surface area contributed by atoms with Crippen LogP contribution in [0.1, 0.15) is 39.5 Å². The van der Waals surface area contributed by atoms with E-state index in [1.807, 2.05) is 0 Å². The molecule has 0 aromatic heterocycles. The van der Waals surface area contributed by atoms with E-state index in [1.54, 1.807) is 0 Å². The van der Waals surface area contributed by atoms with Crippen molar-refractivity contribution < 1.29 is 0 Å². The Balaban J connectivity index is 2.35. The van der Waals surface area contributed by atoms with E-state index < -0.39 is 0 Å². The normalized spacial score (nSPS) is 27.5. The van der Waals surface area contributed by atoms with E-state index in [0.717, 1.165) is 17.7 Å². The Morgan fingerprint density at radius 2 is 2.23 bits per heavy atom. The van der Waals surface area contributed by atoms with Crippen LogP contribution in [0.2, 0.25) is 0 Å². The van der Waals surface area contributed by atoms with Crippen molar-refractivity contribution in [3.8, 4) is 0 Å². The summed E-state index contributed by atoms with van der Waals surface area (Å²) in [5, 5.41) is 0. The highest BCUT2D eigenvalue weighted by molar-refractivity contribution is 7.80. The lowest BCUT2D eigenvalue weighted by Crippen LogP contribution is -2.41. The lowest BCUT2D eigenvalue weighted by Gasteiger charge is -2.36. The SMILES string of the molecule is CCC1CCCCN1CC(C)CS. The molecule has 1 nitrogen and oxygen atoms in total. The van der Waals surface area contributed by atoms with Crippen LogP contribution in [0.5, 0.6) is 0 Å². The molecule has 1 rings (SSSR count). The van der Waals surface area contributed by atoms with E-state index in [0.29, 0.717) is 0 Å². The molecule has 1 heterocycles. The average Bonchev–Trinajstić information content (AvgIpc) is 2.18. The fourth-order valence-electron chi connectivity index (χ4n) is 2.22. The first kappa shape index (κ1) is 11.4. The van der Waals surface area contributed by atoms with Crippen molar-refractivity contribution in [3.63, 3.8) is 0 Å². The van der Waals surface area contributed by atoms with Crippen molar-refractivity contribution in [2.45, 2.75) is 45.6 Å². The molecule has 1 fully saturated rings. The fourth-order valence-corrected chi connectivity index (χ4v) is 2.34. The highest BCUT2D eigenvalue weighted by Gasteiger charge is 2.21. The Bertz CT molecular complexity index is 138. The van der Waals surface area contributed by atoms with Crippen molar-refractivity contribution in [2.24, 2.45) is 5.92 Å². The summed E-state index contributed by atoms with van der Waals surface area (Å²) in [6.07, 6.45) is 5.56. The van der Waals surface area contributed by atoms with Crippen LogP contribution in [0.4, 0.5) is 0 Å². The van der Waals surface area contributed by atoms with E-state index in [-0.39, 0.29) is 0 Å². The zero-order valence-corrected chi connectivity index (χ0v) is 9.89. The van der Waals surface area contributed by atoms with Gasteiger partial charge in [-0.1, -0.05) is 20.3 Å². The third kappa shape index (κ3) is 3.51. The minimum absolute atomic E-state index is 0.746. The largest absolute Gasteiger partial charge is 0.300 e. The minimum atomic E-state index is 0.746. The van der Waals surface area contributed by atoms with Crippen molar-refractivity contribution in [3.05, 3.63) is 0 Å². The third-order valence-corrected chi connectivity index (χ3v) is 3.70. The molecule has 13 heavy (non-hydrogen) atoms. The van der Waals surface area contributed by atoms with Gasteiger partial charge in [-0.05, 0) is 37.5 Å². The van der Waals surface area contributed by atoms with Gasteiger partial charge in [0.25, 0.3) is 0 Å². The van der Waals surface area contributed by atoms with Gasteiger partial charge >= 0.3 is 0 Å². The Hall–Kier alpha value is 0.310. The average molecular weight is 201 g/mol. The third-order valence-electron chi connectivity index (χ3n) is 3.08. The van der Waals surface area contributed by atoms with Crippen LogP contribution in [0.25, 0.3) is 0 Å². The highest BCUT2D eigenvalue weighted by Crippen LogP contribution is 2.20. The summed E-state index contributed by atoms with van der Waals surface area (Å²) in [7, 11) is 0. The molecule has 0 spiro atoms. The molecule has 0 amide bonds. The standard InChI is InChI=1S/C11H23NS/c1-3-11-6-4-5-7-12(11)8-10(2)9-13/h10-11,13H,3-9H2,1-2H3. The van der Waals surface area contributed by atoms with Gasteiger partial charge in [-0.25, -0.2) is 0 Å². The van der Waals surface area contributed by atoms with Crippen molar-refractivity contribution >= 4 is 12.6 Å². The maximum Gasteiger partial charge on any atom is 0.00927 e. The van der Waals surface area contributed by atoms with E-state index in [9.17, 15) is 0 Å². The van der Waals surface area contributed by atoms with Crippen LogP contribution < -0.4 is 0 Å². The van der Waals surface area contributed by atoms with Gasteiger partial charge in [0.1, 0.15) is 0 Å². The van der Waals surface area contributed by atoms with Crippen LogP contribution in [-0.2, 0) is 0 Å². The lowest BCUT2D eigenvalue weighted by atomic mass is 9.99. The first-order valence-electron chi connectivity index (χ1n) is 5.62. The van der Waals surface area contributed by atoms with E-state index in [1.165, 1.54) is 38.8 Å². The van der Waals surface area contributed by atoms with Crippen molar-refractivity contribution in [1.82, 2.24) is 4.90 Å². The first-order valence-corrected chi connectivity index (χ1v) is 6.26. The minimum Gasteiger partial charge on any atom is -0.300 e. The number of hydrogen-bond acceptors (Lipinski definition) is 2. The smallest absolute Gasteiger partial charge is 0.00927 e. The lowest BCUT2D eigenvalue weighted by molar-refractivity contribution is 0.129. The summed E-state index contributed by atoms with van der Waals surface area (Å²) in [5.74, 6) is 1.77. The molecule has 0 saturated carbocycles. The van der Waals surface area contributed by atoms with Gasteiger partial charge in [0, 0.05) is 12.6 Å². The molecule has 0 radical (unpaired) electrons. The van der Waals surface area contributed by atoms with E-state index in [2.05, 4.69) is 31.4 Å². The molecule has 0 aromatic carbocycles. The van der Waals surface area contributed by atoms with Crippen molar-refractivity contribution in [2.75, 3.05) is 18.8 Å². The molecule has 0 aromatic rings. The van der Waals surface area contributed by atoms with Gasteiger partial charge in [0.15, 0.2) is 0 Å². The summed E-state index contributed by atoms with van der Waals surface area (Å²) >= 11 is 4.35. The molecule has 1 aliphatic rings. The van der Waals surface area contributed by atoms with E-state index in [4.69, 9.17) is 0 Å². The molecule has 2 atom stereocenters. The Labute approximate surface area is 88.3 Å². The summed E-state index contributed by atoms with van der Waals surface area (Å²) in [5.41, 5.74) is 0. The molecule has 0 N–H and O–H groups in total. The molecule has 1 saturated heterocycles. The van der Waals surface area contributed by atoms with Gasteiger partial charge in [-0.3, -0.25) is 0 Å². The van der Waals surface area contributed by atoms with Gasteiger partial charge in [-0.2, -0.15) is 12.6 Å². The maximum absolute atomic E-state index is 4.35. The summed E-state index contributed by atoms with van der Waals surface area (Å²) < 4.78 is 0. The summed E-state index contributed by atoms with van der Waals surface area (Å²) in [6, 6.07) is 0.857. The Morgan fingerprint density at radius 3 is 2.85 bits per heavy atom.